The maximum Gasteiger partial charge on any atom is 0.268 e. The van der Waals surface area contributed by atoms with E-state index in [1.54, 1.807) is 32.2 Å². The fraction of sp³-hybridized carbons (Fsp3) is 0.500. The van der Waals surface area contributed by atoms with Crippen molar-refractivity contribution in [3.63, 3.8) is 0 Å². The Morgan fingerprint density at radius 1 is 1.36 bits per heavy atom. The molecule has 136 valence electrons. The summed E-state index contributed by atoms with van der Waals surface area (Å²) in [7, 11) is 1.55. The van der Waals surface area contributed by atoms with Gasteiger partial charge in [-0.25, -0.2) is 0 Å². The molecule has 1 atom stereocenters. The normalized spacial score (nSPS) is 16.2. The summed E-state index contributed by atoms with van der Waals surface area (Å²) in [5, 5.41) is 2.69. The molecule has 0 aromatic heterocycles. The lowest BCUT2D eigenvalue weighted by molar-refractivity contribution is -0.128. The topological polar surface area (TPSA) is 84.9 Å². The molecule has 2 rings (SSSR count). The fourth-order valence-corrected chi connectivity index (χ4v) is 2.61. The van der Waals surface area contributed by atoms with Gasteiger partial charge in [0.1, 0.15) is 12.3 Å². The largest absolute Gasteiger partial charge is 0.479 e. The van der Waals surface area contributed by atoms with Crippen LogP contribution in [0, 0.1) is 0 Å². The van der Waals surface area contributed by atoms with Gasteiger partial charge in [-0.1, -0.05) is 6.92 Å². The monoisotopic (exact) mass is 348 g/mol. The molecule has 1 unspecified atom stereocenters. The number of benzene rings is 1. The van der Waals surface area contributed by atoms with Crippen LogP contribution in [0.15, 0.2) is 18.2 Å². The standard InChI is InChI=1S/C18H24N2O5/c1-4-5-15(21)13-6-7-16-14(10-13)20(18(23)12(2)25-16)11-17(22)19-8-9-24-3/h6-7,10,12H,4-5,8-9,11H2,1-3H3,(H,19,22). The van der Waals surface area contributed by atoms with Crippen LogP contribution in [-0.4, -0.2) is 50.5 Å². The van der Waals surface area contributed by atoms with Crippen LogP contribution in [0.1, 0.15) is 37.0 Å². The van der Waals surface area contributed by atoms with Crippen LogP contribution in [0.4, 0.5) is 5.69 Å². The number of ketones is 1. The van der Waals surface area contributed by atoms with Crippen molar-refractivity contribution in [1.29, 1.82) is 0 Å². The maximum absolute atomic E-state index is 12.5. The molecule has 0 saturated carbocycles. The van der Waals surface area contributed by atoms with Gasteiger partial charge in [0.2, 0.25) is 5.91 Å². The van der Waals surface area contributed by atoms with Crippen molar-refractivity contribution >= 4 is 23.3 Å². The summed E-state index contributed by atoms with van der Waals surface area (Å²) >= 11 is 0. The molecule has 2 amide bonds. The van der Waals surface area contributed by atoms with E-state index in [4.69, 9.17) is 9.47 Å². The molecule has 0 bridgehead atoms. The smallest absolute Gasteiger partial charge is 0.268 e. The second-order valence-corrected chi connectivity index (χ2v) is 5.88. The van der Waals surface area contributed by atoms with Gasteiger partial charge in [0.15, 0.2) is 11.9 Å². The summed E-state index contributed by atoms with van der Waals surface area (Å²) < 4.78 is 10.5. The number of ether oxygens (including phenoxy) is 2. The Bertz CT molecular complexity index is 659. The number of rotatable bonds is 8. The minimum Gasteiger partial charge on any atom is -0.479 e. The number of hydrogen-bond donors (Lipinski definition) is 1. The second kappa shape index (κ2) is 8.62. The molecule has 0 spiro atoms. The summed E-state index contributed by atoms with van der Waals surface area (Å²) in [6.07, 6.45) is 0.492. The molecular weight excluding hydrogens is 324 g/mol. The molecule has 0 saturated heterocycles. The predicted molar refractivity (Wildman–Crippen MR) is 93.0 cm³/mol. The lowest BCUT2D eigenvalue weighted by atomic mass is 10.0. The van der Waals surface area contributed by atoms with Crippen LogP contribution >= 0.6 is 0 Å². The number of hydrogen-bond acceptors (Lipinski definition) is 5. The Morgan fingerprint density at radius 2 is 2.12 bits per heavy atom. The lowest BCUT2D eigenvalue weighted by Crippen LogP contribution is -2.49. The van der Waals surface area contributed by atoms with Gasteiger partial charge in [-0.3, -0.25) is 19.3 Å². The number of anilines is 1. The highest BCUT2D eigenvalue weighted by Gasteiger charge is 2.33. The molecule has 1 N–H and O–H groups in total. The first-order chi connectivity index (χ1) is 12.0. The van der Waals surface area contributed by atoms with Gasteiger partial charge in [-0.05, 0) is 31.5 Å². The van der Waals surface area contributed by atoms with E-state index < -0.39 is 6.10 Å². The highest BCUT2D eigenvalue weighted by atomic mass is 16.5. The van der Waals surface area contributed by atoms with Gasteiger partial charge >= 0.3 is 0 Å². The average molecular weight is 348 g/mol. The van der Waals surface area contributed by atoms with Gasteiger partial charge in [0.05, 0.1) is 12.3 Å². The van der Waals surface area contributed by atoms with Crippen LogP contribution in [-0.2, 0) is 14.3 Å². The van der Waals surface area contributed by atoms with Crippen molar-refractivity contribution in [2.24, 2.45) is 0 Å². The fourth-order valence-electron chi connectivity index (χ4n) is 2.61. The Labute approximate surface area is 147 Å². The Morgan fingerprint density at radius 3 is 2.80 bits per heavy atom. The number of nitrogens with one attached hydrogen (secondary N) is 1. The third-order valence-electron chi connectivity index (χ3n) is 3.90. The zero-order valence-electron chi connectivity index (χ0n) is 14.8. The Hall–Kier alpha value is -2.41. The number of Topliss-reactive ketones (excluding diaryl/α,β-unsaturated/α-hetero) is 1. The van der Waals surface area contributed by atoms with Crippen molar-refractivity contribution in [1.82, 2.24) is 5.32 Å². The molecule has 7 heteroatoms. The number of methoxy groups -OCH3 is 1. The summed E-state index contributed by atoms with van der Waals surface area (Å²) in [4.78, 5) is 38.1. The zero-order valence-corrected chi connectivity index (χ0v) is 14.8. The van der Waals surface area contributed by atoms with E-state index in [-0.39, 0.29) is 24.1 Å². The second-order valence-electron chi connectivity index (χ2n) is 5.88. The van der Waals surface area contributed by atoms with Crippen molar-refractivity contribution in [3.8, 4) is 5.75 Å². The van der Waals surface area contributed by atoms with E-state index in [9.17, 15) is 14.4 Å². The highest BCUT2D eigenvalue weighted by Crippen LogP contribution is 2.35. The van der Waals surface area contributed by atoms with Crippen LogP contribution < -0.4 is 15.0 Å². The zero-order chi connectivity index (χ0) is 18.4. The van der Waals surface area contributed by atoms with E-state index in [0.29, 0.717) is 36.6 Å². The minimum atomic E-state index is -0.684. The molecule has 1 aromatic carbocycles. The summed E-state index contributed by atoms with van der Waals surface area (Å²) in [6, 6.07) is 4.99. The Kier molecular flexibility index (Phi) is 6.52. The molecule has 1 heterocycles. The quantitative estimate of drug-likeness (QED) is 0.569. The molecule has 0 fully saturated rings. The maximum atomic E-state index is 12.5. The van der Waals surface area contributed by atoms with E-state index in [0.717, 1.165) is 6.42 Å². The van der Waals surface area contributed by atoms with Gasteiger partial charge in [-0.2, -0.15) is 0 Å². The van der Waals surface area contributed by atoms with Crippen molar-refractivity contribution in [2.45, 2.75) is 32.8 Å². The van der Waals surface area contributed by atoms with Gasteiger partial charge in [0, 0.05) is 25.6 Å². The molecule has 1 aromatic rings. The molecule has 0 aliphatic carbocycles. The summed E-state index contributed by atoms with van der Waals surface area (Å²) in [6.45, 7) is 4.20. The van der Waals surface area contributed by atoms with Gasteiger partial charge in [0.25, 0.3) is 5.91 Å². The van der Waals surface area contributed by atoms with Crippen molar-refractivity contribution in [3.05, 3.63) is 23.8 Å². The number of carbonyl (C=O) groups excluding carboxylic acids is 3. The third kappa shape index (κ3) is 4.57. The van der Waals surface area contributed by atoms with Crippen LogP contribution in [0.3, 0.4) is 0 Å². The van der Waals surface area contributed by atoms with Crippen molar-refractivity contribution < 1.29 is 23.9 Å². The predicted octanol–water partition coefficient (Wildman–Crippen LogP) is 1.55. The minimum absolute atomic E-state index is 0.000803. The number of nitrogens with zero attached hydrogens (tertiary/aromatic N) is 1. The Balaban J connectivity index is 2.24. The first kappa shape index (κ1) is 18.9. The van der Waals surface area contributed by atoms with E-state index >= 15 is 0 Å². The van der Waals surface area contributed by atoms with Crippen molar-refractivity contribution in [2.75, 3.05) is 31.7 Å². The molecule has 1 aliphatic heterocycles. The first-order valence-corrected chi connectivity index (χ1v) is 8.38. The molecular formula is C18H24N2O5. The van der Waals surface area contributed by atoms with Crippen LogP contribution in [0.25, 0.3) is 0 Å². The third-order valence-corrected chi connectivity index (χ3v) is 3.90. The van der Waals surface area contributed by atoms with Gasteiger partial charge < -0.3 is 14.8 Å². The lowest BCUT2D eigenvalue weighted by Gasteiger charge is -2.32. The summed E-state index contributed by atoms with van der Waals surface area (Å²) in [5.41, 5.74) is 0.961. The number of amides is 2. The number of carbonyl (C=O) groups is 3. The van der Waals surface area contributed by atoms with Crippen LogP contribution in [0.2, 0.25) is 0 Å². The van der Waals surface area contributed by atoms with E-state index in [1.807, 2.05) is 6.92 Å². The SMILES string of the molecule is CCCC(=O)c1ccc2c(c1)N(CC(=O)NCCOC)C(=O)C(C)O2. The highest BCUT2D eigenvalue weighted by molar-refractivity contribution is 6.05. The summed E-state index contributed by atoms with van der Waals surface area (Å²) in [5.74, 6) is -0.115. The molecule has 1 aliphatic rings. The van der Waals surface area contributed by atoms with Crippen LogP contribution in [0.5, 0.6) is 5.75 Å². The molecule has 0 radical (unpaired) electrons. The number of fused-ring (bicyclic) bond motifs is 1. The van der Waals surface area contributed by atoms with E-state index in [1.165, 1.54) is 4.90 Å². The average Bonchev–Trinajstić information content (AvgIpc) is 2.59. The van der Waals surface area contributed by atoms with Gasteiger partial charge in [-0.15, -0.1) is 0 Å². The molecule has 25 heavy (non-hydrogen) atoms. The van der Waals surface area contributed by atoms with E-state index in [2.05, 4.69) is 5.32 Å². The first-order valence-electron chi connectivity index (χ1n) is 8.38. The molecule has 7 nitrogen and oxygen atoms in total.